The highest BCUT2D eigenvalue weighted by Crippen LogP contribution is 2.44. The SMILES string of the molecule is c1ccc(-n2c3ccccc3c3cccc(-c4cccc(N(c5ccc(-c6cc7ccccc7c7ccccc67)cc5)c5ccc6sc7ccccc7c6c5)c4)c32)cc1. The Balaban J connectivity index is 1.05. The van der Waals surface area contributed by atoms with Gasteiger partial charge in [-0.15, -0.1) is 11.3 Å². The normalized spacial score (nSPS) is 11.7. The zero-order valence-corrected chi connectivity index (χ0v) is 32.9. The van der Waals surface area contributed by atoms with E-state index in [9.17, 15) is 0 Å². The topological polar surface area (TPSA) is 8.17 Å². The Kier molecular flexibility index (Phi) is 7.75. The molecule has 2 aromatic heterocycles. The number of para-hydroxylation sites is 3. The number of aromatic nitrogens is 1. The zero-order valence-electron chi connectivity index (χ0n) is 32.1. The number of hydrogen-bond donors (Lipinski definition) is 0. The first kappa shape index (κ1) is 33.7. The smallest absolute Gasteiger partial charge is 0.0619 e. The van der Waals surface area contributed by atoms with Gasteiger partial charge in [0.15, 0.2) is 0 Å². The van der Waals surface area contributed by atoms with Gasteiger partial charge in [0.05, 0.1) is 11.0 Å². The van der Waals surface area contributed by atoms with Gasteiger partial charge in [-0.25, -0.2) is 0 Å². The van der Waals surface area contributed by atoms with Crippen LogP contribution in [-0.4, -0.2) is 4.57 Å². The van der Waals surface area contributed by atoms with Crippen molar-refractivity contribution in [2.24, 2.45) is 0 Å². The third kappa shape index (κ3) is 5.47. The number of hydrogen-bond acceptors (Lipinski definition) is 2. The first-order valence-electron chi connectivity index (χ1n) is 20.2. The fourth-order valence-corrected chi connectivity index (χ4v) is 10.4. The molecule has 2 heterocycles. The molecule has 2 nitrogen and oxygen atoms in total. The Morgan fingerprint density at radius 1 is 0.339 bits per heavy atom. The number of thiophene rings is 1. The van der Waals surface area contributed by atoms with Crippen molar-refractivity contribution < 1.29 is 0 Å². The third-order valence-corrected chi connectivity index (χ3v) is 13.1. The average Bonchev–Trinajstić information content (AvgIpc) is 3.85. The zero-order chi connectivity index (χ0) is 38.9. The fourth-order valence-electron chi connectivity index (χ4n) is 9.29. The van der Waals surface area contributed by atoms with Crippen molar-refractivity contribution in [2.75, 3.05) is 4.90 Å². The van der Waals surface area contributed by atoms with Crippen LogP contribution in [0.3, 0.4) is 0 Å². The Morgan fingerprint density at radius 2 is 0.983 bits per heavy atom. The van der Waals surface area contributed by atoms with E-state index in [4.69, 9.17) is 0 Å². The molecular formula is C56H36N2S. The lowest BCUT2D eigenvalue weighted by molar-refractivity contribution is 1.18. The molecule has 0 fully saturated rings. The predicted molar refractivity (Wildman–Crippen MR) is 254 cm³/mol. The number of nitrogens with zero attached hydrogens (tertiary/aromatic N) is 2. The summed E-state index contributed by atoms with van der Waals surface area (Å²) in [5.74, 6) is 0. The molecule has 59 heavy (non-hydrogen) atoms. The maximum atomic E-state index is 2.43. The van der Waals surface area contributed by atoms with E-state index in [1.165, 1.54) is 85.8 Å². The summed E-state index contributed by atoms with van der Waals surface area (Å²) < 4.78 is 5.03. The van der Waals surface area contributed by atoms with Crippen molar-refractivity contribution in [2.45, 2.75) is 0 Å². The van der Waals surface area contributed by atoms with Crippen LogP contribution in [-0.2, 0) is 0 Å². The molecule has 0 bridgehead atoms. The highest BCUT2D eigenvalue weighted by Gasteiger charge is 2.20. The summed E-state index contributed by atoms with van der Waals surface area (Å²) in [6, 6.07) is 80.0. The van der Waals surface area contributed by atoms with Gasteiger partial charge in [0, 0.05) is 59.3 Å². The van der Waals surface area contributed by atoms with Crippen molar-refractivity contribution in [3.05, 3.63) is 218 Å². The second-order valence-corrected chi connectivity index (χ2v) is 16.4. The number of anilines is 3. The van der Waals surface area contributed by atoms with E-state index in [2.05, 4.69) is 228 Å². The summed E-state index contributed by atoms with van der Waals surface area (Å²) in [7, 11) is 0. The van der Waals surface area contributed by atoms with Crippen LogP contribution >= 0.6 is 11.3 Å². The van der Waals surface area contributed by atoms with Crippen LogP contribution in [0.1, 0.15) is 0 Å². The van der Waals surface area contributed by atoms with Gasteiger partial charge in [-0.2, -0.15) is 0 Å². The van der Waals surface area contributed by atoms with Crippen molar-refractivity contribution in [3.8, 4) is 27.9 Å². The van der Waals surface area contributed by atoms with Gasteiger partial charge in [0.1, 0.15) is 0 Å². The van der Waals surface area contributed by atoms with Crippen molar-refractivity contribution in [1.29, 1.82) is 0 Å². The molecule has 12 aromatic rings. The van der Waals surface area contributed by atoms with Crippen LogP contribution in [0.2, 0.25) is 0 Å². The van der Waals surface area contributed by atoms with Gasteiger partial charge < -0.3 is 9.47 Å². The average molecular weight is 769 g/mol. The minimum atomic E-state index is 1.10. The summed E-state index contributed by atoms with van der Waals surface area (Å²) in [5.41, 5.74) is 11.7. The van der Waals surface area contributed by atoms with E-state index in [-0.39, 0.29) is 0 Å². The molecule has 0 aliphatic heterocycles. The second-order valence-electron chi connectivity index (χ2n) is 15.3. The molecule has 0 spiro atoms. The van der Waals surface area contributed by atoms with Gasteiger partial charge in [-0.1, -0.05) is 146 Å². The molecule has 0 atom stereocenters. The molecule has 0 saturated heterocycles. The third-order valence-electron chi connectivity index (χ3n) is 11.9. The summed E-state index contributed by atoms with van der Waals surface area (Å²) in [6.07, 6.45) is 0. The minimum Gasteiger partial charge on any atom is -0.310 e. The molecule has 0 N–H and O–H groups in total. The predicted octanol–water partition coefficient (Wildman–Crippen LogP) is 16.3. The summed E-state index contributed by atoms with van der Waals surface area (Å²) in [4.78, 5) is 2.42. The Hall–Kier alpha value is -7.46. The monoisotopic (exact) mass is 768 g/mol. The highest BCUT2D eigenvalue weighted by atomic mass is 32.1. The first-order valence-corrected chi connectivity index (χ1v) is 21.0. The summed E-state index contributed by atoms with van der Waals surface area (Å²) in [6.45, 7) is 0. The van der Waals surface area contributed by atoms with Crippen molar-refractivity contribution in [3.63, 3.8) is 0 Å². The summed E-state index contributed by atoms with van der Waals surface area (Å²) in [5, 5.41) is 10.1. The van der Waals surface area contributed by atoms with Crippen LogP contribution in [0.25, 0.3) is 91.5 Å². The van der Waals surface area contributed by atoms with E-state index in [0.29, 0.717) is 0 Å². The first-order chi connectivity index (χ1) is 29.3. The molecule has 12 rings (SSSR count). The van der Waals surface area contributed by atoms with E-state index in [0.717, 1.165) is 22.7 Å². The van der Waals surface area contributed by atoms with E-state index in [1.54, 1.807) is 0 Å². The van der Waals surface area contributed by atoms with Gasteiger partial charge in [0.2, 0.25) is 0 Å². The number of rotatable bonds is 6. The van der Waals surface area contributed by atoms with Crippen molar-refractivity contribution in [1.82, 2.24) is 4.57 Å². The van der Waals surface area contributed by atoms with Gasteiger partial charge in [0.25, 0.3) is 0 Å². The fraction of sp³-hybridized carbons (Fsp3) is 0. The molecule has 0 amide bonds. The van der Waals surface area contributed by atoms with Crippen molar-refractivity contribution >= 4 is 91.9 Å². The van der Waals surface area contributed by atoms with Gasteiger partial charge in [-0.05, 0) is 111 Å². The lowest BCUT2D eigenvalue weighted by Gasteiger charge is -2.26. The van der Waals surface area contributed by atoms with Crippen LogP contribution < -0.4 is 4.90 Å². The van der Waals surface area contributed by atoms with Gasteiger partial charge in [-0.3, -0.25) is 0 Å². The Labute approximate surface area is 346 Å². The quantitative estimate of drug-likeness (QED) is 0.153. The van der Waals surface area contributed by atoms with Gasteiger partial charge >= 0.3 is 0 Å². The number of fused-ring (bicyclic) bond motifs is 9. The standard InChI is InChI=1S/C56H36N2S/c1-2-16-40(17-3-1)58-53-26-10-8-22-48(53)50-25-13-24-45(56(50)58)38-15-12-18-42(34-38)57(43-32-33-55-52(36-43)49-23-9-11-27-54(49)59-55)41-30-28-37(29-31-41)51-35-39-14-4-5-19-44(39)46-20-6-7-21-47(46)51/h1-36H. The van der Waals surface area contributed by atoms with Crippen LogP contribution in [0.15, 0.2) is 218 Å². The van der Waals surface area contributed by atoms with Crippen LogP contribution in [0, 0.1) is 0 Å². The molecule has 0 unspecified atom stereocenters. The summed E-state index contributed by atoms with van der Waals surface area (Å²) >= 11 is 1.86. The van der Waals surface area contributed by atoms with E-state index >= 15 is 0 Å². The molecule has 0 aliphatic rings. The lowest BCUT2D eigenvalue weighted by atomic mass is 9.93. The molecule has 3 heteroatoms. The largest absolute Gasteiger partial charge is 0.310 e. The Morgan fingerprint density at radius 3 is 1.85 bits per heavy atom. The Bertz CT molecular complexity index is 3560. The highest BCUT2D eigenvalue weighted by molar-refractivity contribution is 7.25. The molecular weight excluding hydrogens is 733 g/mol. The maximum absolute atomic E-state index is 2.43. The maximum Gasteiger partial charge on any atom is 0.0619 e. The molecule has 10 aromatic carbocycles. The van der Waals surface area contributed by atoms with E-state index < -0.39 is 0 Å². The number of benzene rings is 10. The van der Waals surface area contributed by atoms with E-state index in [1.807, 2.05) is 11.3 Å². The molecule has 0 aliphatic carbocycles. The molecule has 276 valence electrons. The molecule has 0 radical (unpaired) electrons. The lowest BCUT2D eigenvalue weighted by Crippen LogP contribution is -2.10. The van der Waals surface area contributed by atoms with Crippen LogP contribution in [0.5, 0.6) is 0 Å². The minimum absolute atomic E-state index is 1.10. The second kappa shape index (κ2) is 13.6. The van der Waals surface area contributed by atoms with Crippen LogP contribution in [0.4, 0.5) is 17.1 Å². The molecule has 0 saturated carbocycles.